The average Bonchev–Trinajstić information content (AvgIpc) is 1.98. The second kappa shape index (κ2) is 6.53. The van der Waals surface area contributed by atoms with Crippen LogP contribution in [0.2, 0.25) is 0 Å². The van der Waals surface area contributed by atoms with Gasteiger partial charge in [-0.15, -0.1) is 11.8 Å². The van der Waals surface area contributed by atoms with Crippen LogP contribution in [0.25, 0.3) is 0 Å². The predicted octanol–water partition coefficient (Wildman–Crippen LogP) is 2.24. The fourth-order valence-corrected chi connectivity index (χ4v) is 1.93. The lowest BCUT2D eigenvalue weighted by Crippen LogP contribution is -2.04. The monoisotopic (exact) mass is 176 g/mol. The summed E-state index contributed by atoms with van der Waals surface area (Å²) >= 11 is 1.52. The summed E-state index contributed by atoms with van der Waals surface area (Å²) in [6.07, 6.45) is 2.31. The maximum atomic E-state index is 10.1. The molecule has 0 bridgehead atoms. The second-order valence-electron chi connectivity index (χ2n) is 2.59. The molecule has 3 heteroatoms. The molecule has 0 aromatic rings. The minimum atomic E-state index is -0.707. The van der Waals surface area contributed by atoms with Crippen LogP contribution in [0.4, 0.5) is 0 Å². The van der Waals surface area contributed by atoms with Crippen molar-refractivity contribution in [2.24, 2.45) is 5.92 Å². The molecule has 0 atom stereocenters. The maximum Gasteiger partial charge on any atom is 0.313 e. The number of hydrogen-bond acceptors (Lipinski definition) is 2. The van der Waals surface area contributed by atoms with Crippen LogP contribution in [0.5, 0.6) is 0 Å². The van der Waals surface area contributed by atoms with E-state index < -0.39 is 5.97 Å². The van der Waals surface area contributed by atoms with E-state index >= 15 is 0 Å². The first kappa shape index (κ1) is 10.8. The molecule has 0 spiro atoms. The largest absolute Gasteiger partial charge is 0.481 e. The lowest BCUT2D eigenvalue weighted by Gasteiger charge is -2.09. The Bertz CT molecular complexity index is 111. The van der Waals surface area contributed by atoms with E-state index in [0.717, 1.165) is 18.6 Å². The van der Waals surface area contributed by atoms with Gasteiger partial charge in [0.2, 0.25) is 0 Å². The molecule has 0 aromatic carbocycles. The van der Waals surface area contributed by atoms with Crippen molar-refractivity contribution >= 4 is 17.7 Å². The predicted molar refractivity (Wildman–Crippen MR) is 49.0 cm³/mol. The molecule has 0 amide bonds. The Labute approximate surface area is 72.4 Å². The fourth-order valence-electron chi connectivity index (χ4n) is 0.837. The van der Waals surface area contributed by atoms with Gasteiger partial charge in [-0.2, -0.15) is 0 Å². The van der Waals surface area contributed by atoms with Gasteiger partial charge in [0.15, 0.2) is 0 Å². The summed E-state index contributed by atoms with van der Waals surface area (Å²) in [5.41, 5.74) is 0. The molecule has 0 heterocycles. The molecule has 0 aliphatic carbocycles. The summed E-state index contributed by atoms with van der Waals surface area (Å²) in [6, 6.07) is 0. The summed E-state index contributed by atoms with van der Waals surface area (Å²) < 4.78 is 0. The number of carboxylic acids is 1. The van der Waals surface area contributed by atoms with E-state index in [1.54, 1.807) is 0 Å². The van der Waals surface area contributed by atoms with E-state index in [1.807, 2.05) is 0 Å². The Hall–Kier alpha value is -0.180. The quantitative estimate of drug-likeness (QED) is 0.674. The van der Waals surface area contributed by atoms with Crippen molar-refractivity contribution in [3.63, 3.8) is 0 Å². The molecule has 0 fully saturated rings. The van der Waals surface area contributed by atoms with E-state index in [1.165, 1.54) is 11.8 Å². The van der Waals surface area contributed by atoms with Gasteiger partial charge in [0.1, 0.15) is 0 Å². The van der Waals surface area contributed by atoms with Gasteiger partial charge >= 0.3 is 5.97 Å². The van der Waals surface area contributed by atoms with E-state index in [4.69, 9.17) is 5.11 Å². The van der Waals surface area contributed by atoms with Crippen molar-refractivity contribution in [3.05, 3.63) is 0 Å². The first-order valence-corrected chi connectivity index (χ1v) is 5.15. The molecule has 0 unspecified atom stereocenters. The molecule has 0 aromatic heterocycles. The van der Waals surface area contributed by atoms with Gasteiger partial charge < -0.3 is 5.11 Å². The van der Waals surface area contributed by atoms with Crippen molar-refractivity contribution in [1.82, 2.24) is 0 Å². The van der Waals surface area contributed by atoms with Gasteiger partial charge in [0.05, 0.1) is 5.75 Å². The molecule has 0 rings (SSSR count). The first-order valence-electron chi connectivity index (χ1n) is 4.00. The summed E-state index contributed by atoms with van der Waals surface area (Å²) in [7, 11) is 0. The number of thioether (sulfide) groups is 1. The molecular formula is C8H16O2S. The van der Waals surface area contributed by atoms with Crippen LogP contribution in [0, 0.1) is 5.92 Å². The fraction of sp³-hybridized carbons (Fsp3) is 0.875. The summed E-state index contributed by atoms with van der Waals surface area (Å²) in [6.45, 7) is 4.30. The molecule has 66 valence electrons. The van der Waals surface area contributed by atoms with Crippen LogP contribution in [0.1, 0.15) is 26.7 Å². The lowest BCUT2D eigenvalue weighted by molar-refractivity contribution is -0.133. The van der Waals surface area contributed by atoms with Gasteiger partial charge in [-0.25, -0.2) is 0 Å². The number of aliphatic carboxylic acids is 1. The minimum Gasteiger partial charge on any atom is -0.481 e. The van der Waals surface area contributed by atoms with Crippen molar-refractivity contribution < 1.29 is 9.90 Å². The van der Waals surface area contributed by atoms with Gasteiger partial charge in [-0.05, 0) is 11.7 Å². The van der Waals surface area contributed by atoms with Crippen molar-refractivity contribution in [1.29, 1.82) is 0 Å². The van der Waals surface area contributed by atoms with Crippen LogP contribution in [-0.4, -0.2) is 22.6 Å². The molecule has 0 saturated carbocycles. The Balaban J connectivity index is 3.28. The molecule has 0 saturated heterocycles. The van der Waals surface area contributed by atoms with E-state index in [2.05, 4.69) is 13.8 Å². The van der Waals surface area contributed by atoms with Crippen molar-refractivity contribution in [2.75, 3.05) is 11.5 Å². The van der Waals surface area contributed by atoms with Crippen LogP contribution in [0.3, 0.4) is 0 Å². The van der Waals surface area contributed by atoms with Crippen LogP contribution < -0.4 is 0 Å². The highest BCUT2D eigenvalue weighted by molar-refractivity contribution is 7.99. The van der Waals surface area contributed by atoms with Crippen molar-refractivity contribution in [3.8, 4) is 0 Å². The number of hydrogen-bond donors (Lipinski definition) is 1. The second-order valence-corrected chi connectivity index (χ2v) is 3.62. The van der Waals surface area contributed by atoms with Crippen LogP contribution >= 0.6 is 11.8 Å². The molecule has 0 aliphatic rings. The van der Waals surface area contributed by atoms with E-state index in [9.17, 15) is 4.79 Å². The van der Waals surface area contributed by atoms with Crippen LogP contribution in [0.15, 0.2) is 0 Å². The molecule has 11 heavy (non-hydrogen) atoms. The summed E-state index contributed by atoms with van der Waals surface area (Å²) in [4.78, 5) is 10.1. The highest BCUT2D eigenvalue weighted by Gasteiger charge is 2.04. The molecular weight excluding hydrogens is 160 g/mol. The van der Waals surface area contributed by atoms with Gasteiger partial charge in [0, 0.05) is 0 Å². The topological polar surface area (TPSA) is 37.3 Å². The first-order chi connectivity index (χ1) is 5.20. The summed E-state index contributed by atoms with van der Waals surface area (Å²) in [5.74, 6) is 1.22. The highest BCUT2D eigenvalue weighted by atomic mass is 32.2. The molecule has 0 radical (unpaired) electrons. The smallest absolute Gasteiger partial charge is 0.313 e. The van der Waals surface area contributed by atoms with E-state index in [-0.39, 0.29) is 5.75 Å². The zero-order valence-corrected chi connectivity index (χ0v) is 7.99. The Morgan fingerprint density at radius 3 is 2.36 bits per heavy atom. The SMILES string of the molecule is CCC(CC)CSCC(=O)O. The normalized spacial score (nSPS) is 10.5. The third-order valence-corrected chi connectivity index (χ3v) is 2.89. The Kier molecular flexibility index (Phi) is 6.42. The number of carbonyl (C=O) groups is 1. The third-order valence-electron chi connectivity index (χ3n) is 1.73. The number of carboxylic acid groups (broad SMARTS) is 1. The molecule has 2 nitrogen and oxygen atoms in total. The zero-order valence-electron chi connectivity index (χ0n) is 7.17. The van der Waals surface area contributed by atoms with Crippen molar-refractivity contribution in [2.45, 2.75) is 26.7 Å². The van der Waals surface area contributed by atoms with Crippen LogP contribution in [-0.2, 0) is 4.79 Å². The van der Waals surface area contributed by atoms with E-state index in [0.29, 0.717) is 5.92 Å². The van der Waals surface area contributed by atoms with Gasteiger partial charge in [-0.1, -0.05) is 26.7 Å². The Morgan fingerprint density at radius 2 is 2.00 bits per heavy atom. The Morgan fingerprint density at radius 1 is 1.45 bits per heavy atom. The number of rotatable bonds is 6. The third kappa shape index (κ3) is 6.23. The molecule has 0 aliphatic heterocycles. The van der Waals surface area contributed by atoms with Gasteiger partial charge in [0.25, 0.3) is 0 Å². The zero-order chi connectivity index (χ0) is 8.69. The standard InChI is InChI=1S/C8H16O2S/c1-3-7(4-2)5-11-6-8(9)10/h7H,3-6H2,1-2H3,(H,9,10). The summed E-state index contributed by atoms with van der Waals surface area (Å²) in [5, 5.41) is 8.35. The lowest BCUT2D eigenvalue weighted by atomic mass is 10.1. The van der Waals surface area contributed by atoms with Gasteiger partial charge in [-0.3, -0.25) is 4.79 Å². The minimum absolute atomic E-state index is 0.247. The highest BCUT2D eigenvalue weighted by Crippen LogP contribution is 2.14. The maximum absolute atomic E-state index is 10.1. The molecule has 1 N–H and O–H groups in total. The average molecular weight is 176 g/mol.